The minimum atomic E-state index is -1.23. The molecule has 0 saturated carbocycles. The molecule has 3 N–H and O–H groups in total. The van der Waals surface area contributed by atoms with Crippen molar-refractivity contribution < 1.29 is 19.8 Å². The first-order valence-corrected chi connectivity index (χ1v) is 5.81. The highest BCUT2D eigenvalue weighted by Gasteiger charge is 2.21. The number of rotatable bonds is 5. The fourth-order valence-electron chi connectivity index (χ4n) is 1.29. The van der Waals surface area contributed by atoms with Crippen molar-refractivity contribution in [1.82, 2.24) is 5.32 Å². The SMILES string of the molecule is O=C(N[C@@H](CCO)C(=O)O)c1cc(Cl)ccc1Cl. The topological polar surface area (TPSA) is 86.6 Å². The van der Waals surface area contributed by atoms with Gasteiger partial charge in [0, 0.05) is 18.1 Å². The first-order valence-electron chi connectivity index (χ1n) is 5.05. The molecule has 0 saturated heterocycles. The summed E-state index contributed by atoms with van der Waals surface area (Å²) in [6, 6.07) is 3.14. The lowest BCUT2D eigenvalue weighted by Gasteiger charge is -2.13. The van der Waals surface area contributed by atoms with E-state index in [1.807, 2.05) is 0 Å². The third-order valence-corrected chi connectivity index (χ3v) is 2.76. The number of carbonyl (C=O) groups is 2. The number of nitrogens with one attached hydrogen (secondary N) is 1. The molecule has 0 fully saturated rings. The predicted molar refractivity (Wildman–Crippen MR) is 67.1 cm³/mol. The molecule has 0 aliphatic rings. The Hall–Kier alpha value is -1.30. The van der Waals surface area contributed by atoms with Crippen molar-refractivity contribution in [1.29, 1.82) is 0 Å². The van der Waals surface area contributed by atoms with Gasteiger partial charge in [0.25, 0.3) is 5.91 Å². The van der Waals surface area contributed by atoms with Crippen LogP contribution in [0.1, 0.15) is 16.8 Å². The first-order chi connectivity index (χ1) is 8.45. The second-order valence-corrected chi connectivity index (χ2v) is 4.34. The van der Waals surface area contributed by atoms with Crippen molar-refractivity contribution in [3.63, 3.8) is 0 Å². The molecular formula is C11H11Cl2NO4. The van der Waals surface area contributed by atoms with Gasteiger partial charge in [0.15, 0.2) is 0 Å². The summed E-state index contributed by atoms with van der Waals surface area (Å²) in [7, 11) is 0. The second-order valence-electron chi connectivity index (χ2n) is 3.50. The molecule has 1 aromatic carbocycles. The van der Waals surface area contributed by atoms with Gasteiger partial charge < -0.3 is 15.5 Å². The van der Waals surface area contributed by atoms with Crippen LogP contribution in [-0.2, 0) is 4.79 Å². The van der Waals surface area contributed by atoms with E-state index in [1.165, 1.54) is 18.2 Å². The van der Waals surface area contributed by atoms with Gasteiger partial charge in [0.2, 0.25) is 0 Å². The molecule has 0 heterocycles. The molecule has 5 nitrogen and oxygen atoms in total. The van der Waals surface area contributed by atoms with Crippen LogP contribution in [-0.4, -0.2) is 34.7 Å². The molecule has 0 bridgehead atoms. The van der Waals surface area contributed by atoms with E-state index in [-0.39, 0.29) is 23.6 Å². The largest absolute Gasteiger partial charge is 0.480 e. The number of carboxylic acids is 1. The molecule has 0 aromatic heterocycles. The normalized spacial score (nSPS) is 11.9. The van der Waals surface area contributed by atoms with Gasteiger partial charge in [0.05, 0.1) is 10.6 Å². The van der Waals surface area contributed by atoms with Crippen LogP contribution in [0.4, 0.5) is 0 Å². The Morgan fingerprint density at radius 2 is 2.00 bits per heavy atom. The number of benzene rings is 1. The Kier molecular flexibility index (Phi) is 5.40. The first kappa shape index (κ1) is 14.8. The zero-order chi connectivity index (χ0) is 13.7. The number of aliphatic carboxylic acids is 1. The van der Waals surface area contributed by atoms with Crippen molar-refractivity contribution in [2.75, 3.05) is 6.61 Å². The van der Waals surface area contributed by atoms with Crippen LogP contribution in [0.25, 0.3) is 0 Å². The van der Waals surface area contributed by atoms with Crippen LogP contribution in [0.2, 0.25) is 10.0 Å². The van der Waals surface area contributed by atoms with Gasteiger partial charge in [0.1, 0.15) is 6.04 Å². The summed E-state index contributed by atoms with van der Waals surface area (Å²) in [5.41, 5.74) is 0.0911. The number of hydrogen-bond donors (Lipinski definition) is 3. The van der Waals surface area contributed by atoms with Crippen molar-refractivity contribution in [2.24, 2.45) is 0 Å². The molecule has 0 aliphatic heterocycles. The molecule has 0 spiro atoms. The van der Waals surface area contributed by atoms with Gasteiger partial charge in [-0.25, -0.2) is 4.79 Å². The second kappa shape index (κ2) is 6.58. The van der Waals surface area contributed by atoms with E-state index in [0.29, 0.717) is 5.02 Å². The third kappa shape index (κ3) is 3.87. The number of amides is 1. The van der Waals surface area contributed by atoms with Gasteiger partial charge in [-0.3, -0.25) is 4.79 Å². The molecule has 18 heavy (non-hydrogen) atoms. The molecule has 1 amide bonds. The van der Waals surface area contributed by atoms with Crippen LogP contribution in [0.5, 0.6) is 0 Å². The number of carbonyl (C=O) groups excluding carboxylic acids is 1. The fraction of sp³-hybridized carbons (Fsp3) is 0.273. The summed E-state index contributed by atoms with van der Waals surface area (Å²) in [4.78, 5) is 22.6. The smallest absolute Gasteiger partial charge is 0.326 e. The highest BCUT2D eigenvalue weighted by molar-refractivity contribution is 6.35. The molecule has 1 atom stereocenters. The molecule has 0 unspecified atom stereocenters. The lowest BCUT2D eigenvalue weighted by molar-refractivity contribution is -0.139. The maximum absolute atomic E-state index is 11.8. The number of aliphatic hydroxyl groups excluding tert-OH is 1. The maximum atomic E-state index is 11.8. The van der Waals surface area contributed by atoms with Gasteiger partial charge in [-0.2, -0.15) is 0 Å². The quantitative estimate of drug-likeness (QED) is 0.768. The Bertz CT molecular complexity index is 464. The van der Waals surface area contributed by atoms with E-state index in [1.54, 1.807) is 0 Å². The van der Waals surface area contributed by atoms with E-state index in [2.05, 4.69) is 5.32 Å². The Morgan fingerprint density at radius 1 is 1.33 bits per heavy atom. The molecule has 1 rings (SSSR count). The number of halogens is 2. The fourth-order valence-corrected chi connectivity index (χ4v) is 1.67. The summed E-state index contributed by atoms with van der Waals surface area (Å²) in [6.07, 6.45) is -0.0841. The van der Waals surface area contributed by atoms with E-state index in [9.17, 15) is 9.59 Å². The lowest BCUT2D eigenvalue weighted by Crippen LogP contribution is -2.41. The average molecular weight is 292 g/mol. The van der Waals surface area contributed by atoms with Crippen molar-refractivity contribution in [3.05, 3.63) is 33.8 Å². The monoisotopic (exact) mass is 291 g/mol. The maximum Gasteiger partial charge on any atom is 0.326 e. The third-order valence-electron chi connectivity index (χ3n) is 2.19. The molecule has 0 aliphatic carbocycles. The molecule has 0 radical (unpaired) electrons. The lowest BCUT2D eigenvalue weighted by atomic mass is 10.1. The van der Waals surface area contributed by atoms with Crippen molar-refractivity contribution >= 4 is 35.1 Å². The van der Waals surface area contributed by atoms with Crippen LogP contribution < -0.4 is 5.32 Å². The van der Waals surface area contributed by atoms with Crippen LogP contribution in [0.15, 0.2) is 18.2 Å². The zero-order valence-electron chi connectivity index (χ0n) is 9.19. The summed E-state index contributed by atoms with van der Waals surface area (Å²) < 4.78 is 0. The summed E-state index contributed by atoms with van der Waals surface area (Å²) in [5, 5.41) is 20.3. The van der Waals surface area contributed by atoms with Crippen LogP contribution in [0, 0.1) is 0 Å². The standard InChI is InChI=1S/C11H11Cl2NO4/c12-6-1-2-8(13)7(5-6)10(16)14-9(3-4-15)11(17)18/h1-2,5,9,15H,3-4H2,(H,14,16)(H,17,18)/t9-/m0/s1. The zero-order valence-corrected chi connectivity index (χ0v) is 10.7. The predicted octanol–water partition coefficient (Wildman–Crippen LogP) is 1.56. The number of hydrogen-bond acceptors (Lipinski definition) is 3. The van der Waals surface area contributed by atoms with E-state index in [4.69, 9.17) is 33.4 Å². The van der Waals surface area contributed by atoms with E-state index >= 15 is 0 Å². The van der Waals surface area contributed by atoms with E-state index < -0.39 is 17.9 Å². The summed E-state index contributed by atoms with van der Waals surface area (Å²) >= 11 is 11.5. The van der Waals surface area contributed by atoms with Gasteiger partial charge in [-0.1, -0.05) is 23.2 Å². The van der Waals surface area contributed by atoms with Crippen LogP contribution in [0.3, 0.4) is 0 Å². The Labute approximate surface area is 113 Å². The average Bonchev–Trinajstić information content (AvgIpc) is 2.31. The highest BCUT2D eigenvalue weighted by atomic mass is 35.5. The van der Waals surface area contributed by atoms with Gasteiger partial charge in [-0.15, -0.1) is 0 Å². The van der Waals surface area contributed by atoms with E-state index in [0.717, 1.165) is 0 Å². The van der Waals surface area contributed by atoms with Crippen molar-refractivity contribution in [2.45, 2.75) is 12.5 Å². The highest BCUT2D eigenvalue weighted by Crippen LogP contribution is 2.20. The summed E-state index contributed by atoms with van der Waals surface area (Å²) in [6.45, 7) is -0.347. The Morgan fingerprint density at radius 3 is 2.56 bits per heavy atom. The molecule has 98 valence electrons. The van der Waals surface area contributed by atoms with Gasteiger partial charge >= 0.3 is 5.97 Å². The number of aliphatic hydroxyl groups is 1. The van der Waals surface area contributed by atoms with Crippen LogP contribution >= 0.6 is 23.2 Å². The number of carboxylic acid groups (broad SMARTS) is 1. The minimum absolute atomic E-state index is 0.0841. The summed E-state index contributed by atoms with van der Waals surface area (Å²) in [5.74, 6) is -1.88. The van der Waals surface area contributed by atoms with Gasteiger partial charge in [-0.05, 0) is 18.2 Å². The van der Waals surface area contributed by atoms with Crippen molar-refractivity contribution in [3.8, 4) is 0 Å². The molecule has 1 aromatic rings. The molecular weight excluding hydrogens is 281 g/mol. The Balaban J connectivity index is 2.86. The molecule has 7 heteroatoms. The minimum Gasteiger partial charge on any atom is -0.480 e.